The first-order chi connectivity index (χ1) is 8.70. The number of benzene rings is 1. The summed E-state index contributed by atoms with van der Waals surface area (Å²) in [5.74, 6) is 0.0624. The summed E-state index contributed by atoms with van der Waals surface area (Å²) in [6.07, 6.45) is 2.10. The lowest BCUT2D eigenvalue weighted by atomic mass is 10.1. The molecule has 0 saturated carbocycles. The Labute approximate surface area is 109 Å². The van der Waals surface area contributed by atoms with Crippen LogP contribution in [0.1, 0.15) is 29.4 Å². The van der Waals surface area contributed by atoms with Gasteiger partial charge in [-0.2, -0.15) is 0 Å². The van der Waals surface area contributed by atoms with E-state index in [9.17, 15) is 9.59 Å². The fraction of sp³-hybridized carbons (Fsp3) is 0.214. The van der Waals surface area contributed by atoms with E-state index in [-0.39, 0.29) is 5.78 Å². The van der Waals surface area contributed by atoms with Crippen LogP contribution in [0.3, 0.4) is 0 Å². The molecule has 0 saturated heterocycles. The zero-order valence-corrected chi connectivity index (χ0v) is 10.9. The Kier molecular flexibility index (Phi) is 3.99. The number of hydrogen-bond donors (Lipinski definition) is 0. The first kappa shape index (κ1) is 12.6. The molecule has 4 heteroatoms. The number of ketones is 1. The quantitative estimate of drug-likeness (QED) is 0.612. The van der Waals surface area contributed by atoms with Crippen molar-refractivity contribution < 1.29 is 9.59 Å². The smallest absolute Gasteiger partial charge is 0.159 e. The van der Waals surface area contributed by atoms with Crippen LogP contribution in [0.15, 0.2) is 29.6 Å². The average molecular weight is 259 g/mol. The first-order valence-corrected chi connectivity index (χ1v) is 6.58. The van der Waals surface area contributed by atoms with Crippen LogP contribution >= 0.6 is 11.3 Å². The molecule has 0 atom stereocenters. The Hall–Kier alpha value is -1.81. The second-order valence-corrected chi connectivity index (χ2v) is 4.84. The first-order valence-electron chi connectivity index (χ1n) is 5.70. The zero-order chi connectivity index (χ0) is 13.0. The van der Waals surface area contributed by atoms with E-state index < -0.39 is 0 Å². The Morgan fingerprint density at radius 3 is 2.67 bits per heavy atom. The highest BCUT2D eigenvalue weighted by Crippen LogP contribution is 2.24. The number of carbonyl (C=O) groups excluding carboxylic acids is 2. The summed E-state index contributed by atoms with van der Waals surface area (Å²) in [5, 5.41) is 2.89. The predicted molar refractivity (Wildman–Crippen MR) is 71.9 cm³/mol. The highest BCUT2D eigenvalue weighted by molar-refractivity contribution is 7.13. The number of rotatable bonds is 5. The van der Waals surface area contributed by atoms with Gasteiger partial charge in [0.2, 0.25) is 0 Å². The normalized spacial score (nSPS) is 10.3. The highest BCUT2D eigenvalue weighted by atomic mass is 32.1. The summed E-state index contributed by atoms with van der Waals surface area (Å²) in [4.78, 5) is 25.9. The number of aromatic nitrogens is 1. The molecule has 2 aromatic rings. The van der Waals surface area contributed by atoms with E-state index in [1.807, 2.05) is 29.6 Å². The van der Waals surface area contributed by atoms with E-state index in [1.54, 1.807) is 18.3 Å². The number of nitrogens with zero attached hydrogens (tertiary/aromatic N) is 1. The fourth-order valence-electron chi connectivity index (χ4n) is 1.61. The molecule has 1 aromatic heterocycles. The van der Waals surface area contributed by atoms with E-state index in [2.05, 4.69) is 4.98 Å². The Morgan fingerprint density at radius 2 is 2.06 bits per heavy atom. The van der Waals surface area contributed by atoms with Crippen LogP contribution < -0.4 is 0 Å². The Balaban J connectivity index is 2.18. The minimum atomic E-state index is 0.0624. The summed E-state index contributed by atoms with van der Waals surface area (Å²) >= 11 is 1.56. The van der Waals surface area contributed by atoms with Gasteiger partial charge >= 0.3 is 0 Å². The average Bonchev–Trinajstić information content (AvgIpc) is 2.85. The lowest BCUT2D eigenvalue weighted by Crippen LogP contribution is -1.91. The summed E-state index contributed by atoms with van der Waals surface area (Å²) in [6, 6.07) is 7.42. The molecule has 0 fully saturated rings. The summed E-state index contributed by atoms with van der Waals surface area (Å²) < 4.78 is 0. The molecule has 0 aliphatic carbocycles. The highest BCUT2D eigenvalue weighted by Gasteiger charge is 2.05. The van der Waals surface area contributed by atoms with Gasteiger partial charge in [0, 0.05) is 22.9 Å². The van der Waals surface area contributed by atoms with Crippen molar-refractivity contribution in [1.29, 1.82) is 0 Å². The van der Waals surface area contributed by atoms with Crippen LogP contribution in [0.4, 0.5) is 0 Å². The monoisotopic (exact) mass is 259 g/mol. The number of hydrogen-bond acceptors (Lipinski definition) is 4. The minimum Gasteiger partial charge on any atom is -0.303 e. The molecule has 0 unspecified atom stereocenters. The maximum Gasteiger partial charge on any atom is 0.159 e. The molecule has 0 bridgehead atoms. The third-order valence-electron chi connectivity index (χ3n) is 2.61. The number of thiazole rings is 1. The van der Waals surface area contributed by atoms with Crippen LogP contribution in [0, 0.1) is 0 Å². The molecule has 92 valence electrons. The van der Waals surface area contributed by atoms with Gasteiger partial charge < -0.3 is 4.79 Å². The number of Topliss-reactive ketones (excluding diaryl/α,β-unsaturated/α-hetero) is 1. The van der Waals surface area contributed by atoms with Crippen molar-refractivity contribution >= 4 is 23.4 Å². The summed E-state index contributed by atoms with van der Waals surface area (Å²) in [6.45, 7) is 1.55. The van der Waals surface area contributed by atoms with E-state index >= 15 is 0 Å². The largest absolute Gasteiger partial charge is 0.303 e. The van der Waals surface area contributed by atoms with Gasteiger partial charge in [-0.15, -0.1) is 11.3 Å². The van der Waals surface area contributed by atoms with E-state index in [0.29, 0.717) is 18.4 Å². The van der Waals surface area contributed by atoms with Crippen molar-refractivity contribution in [2.24, 2.45) is 0 Å². The van der Waals surface area contributed by atoms with Gasteiger partial charge in [-0.1, -0.05) is 24.3 Å². The van der Waals surface area contributed by atoms with E-state index in [0.717, 1.165) is 22.6 Å². The standard InChI is InChI=1S/C14H13NO2S/c1-10(17)11-4-6-12(7-5-11)14-15-13(9-18-14)3-2-8-16/h4-9H,2-3H2,1H3. The molecular formula is C14H13NO2S. The van der Waals surface area contributed by atoms with Crippen molar-refractivity contribution in [3.05, 3.63) is 40.9 Å². The molecule has 1 heterocycles. The van der Waals surface area contributed by atoms with Crippen molar-refractivity contribution in [2.75, 3.05) is 0 Å². The van der Waals surface area contributed by atoms with Gasteiger partial charge in [0.1, 0.15) is 11.3 Å². The third kappa shape index (κ3) is 2.90. The second-order valence-electron chi connectivity index (χ2n) is 3.98. The molecule has 0 radical (unpaired) electrons. The SMILES string of the molecule is CC(=O)c1ccc(-c2nc(CCC=O)cs2)cc1. The van der Waals surface area contributed by atoms with Crippen LogP contribution in [-0.4, -0.2) is 17.1 Å². The molecule has 3 nitrogen and oxygen atoms in total. The van der Waals surface area contributed by atoms with E-state index in [4.69, 9.17) is 0 Å². The van der Waals surface area contributed by atoms with Crippen molar-refractivity contribution in [3.8, 4) is 10.6 Å². The maximum atomic E-state index is 11.2. The molecule has 0 N–H and O–H groups in total. The lowest BCUT2D eigenvalue weighted by Gasteiger charge is -1.98. The lowest BCUT2D eigenvalue weighted by molar-refractivity contribution is -0.107. The maximum absolute atomic E-state index is 11.2. The molecule has 0 amide bonds. The Bertz CT molecular complexity index is 557. The van der Waals surface area contributed by atoms with Crippen molar-refractivity contribution in [2.45, 2.75) is 19.8 Å². The van der Waals surface area contributed by atoms with Gasteiger partial charge in [0.05, 0.1) is 5.69 Å². The molecule has 0 spiro atoms. The van der Waals surface area contributed by atoms with Crippen LogP contribution in [0.2, 0.25) is 0 Å². The topological polar surface area (TPSA) is 47.0 Å². The molecular weight excluding hydrogens is 246 g/mol. The van der Waals surface area contributed by atoms with Crippen LogP contribution in [-0.2, 0) is 11.2 Å². The van der Waals surface area contributed by atoms with Gasteiger partial charge in [0.25, 0.3) is 0 Å². The van der Waals surface area contributed by atoms with Gasteiger partial charge in [-0.05, 0) is 13.3 Å². The van der Waals surface area contributed by atoms with Gasteiger partial charge in [0.15, 0.2) is 5.78 Å². The van der Waals surface area contributed by atoms with Crippen LogP contribution in [0.25, 0.3) is 10.6 Å². The minimum absolute atomic E-state index is 0.0624. The number of aldehydes is 1. The Morgan fingerprint density at radius 1 is 1.33 bits per heavy atom. The second kappa shape index (κ2) is 5.69. The molecule has 2 rings (SSSR count). The number of carbonyl (C=O) groups is 2. The zero-order valence-electron chi connectivity index (χ0n) is 10.1. The van der Waals surface area contributed by atoms with Gasteiger partial charge in [-0.3, -0.25) is 4.79 Å². The van der Waals surface area contributed by atoms with E-state index in [1.165, 1.54) is 0 Å². The molecule has 0 aliphatic rings. The molecule has 1 aromatic carbocycles. The molecule has 18 heavy (non-hydrogen) atoms. The molecule has 0 aliphatic heterocycles. The van der Waals surface area contributed by atoms with Crippen LogP contribution in [0.5, 0.6) is 0 Å². The van der Waals surface area contributed by atoms with Crippen molar-refractivity contribution in [1.82, 2.24) is 4.98 Å². The third-order valence-corrected chi connectivity index (χ3v) is 3.55. The number of aryl methyl sites for hydroxylation is 1. The predicted octanol–water partition coefficient (Wildman–Crippen LogP) is 3.14. The van der Waals surface area contributed by atoms with Crippen molar-refractivity contribution in [3.63, 3.8) is 0 Å². The summed E-state index contributed by atoms with van der Waals surface area (Å²) in [7, 11) is 0. The fourth-order valence-corrected chi connectivity index (χ4v) is 2.47. The summed E-state index contributed by atoms with van der Waals surface area (Å²) in [5.41, 5.74) is 2.65. The van der Waals surface area contributed by atoms with Gasteiger partial charge in [-0.25, -0.2) is 4.98 Å².